The fraction of sp³-hybridized carbons (Fsp3) is 0.926. The first-order chi connectivity index (χ1) is 14.9. The Morgan fingerprint density at radius 2 is 1.81 bits per heavy atom. The molecule has 184 valence electrons. The summed E-state index contributed by atoms with van der Waals surface area (Å²) in [4.78, 5) is 0. The lowest BCUT2D eigenvalue weighted by atomic mass is 9.47. The number of fused-ring (bicyclic) bond motifs is 5. The molecular formula is C27H46O4S. The van der Waals surface area contributed by atoms with Gasteiger partial charge in [0.05, 0.1) is 6.10 Å². The van der Waals surface area contributed by atoms with E-state index in [0.717, 1.165) is 42.4 Å². The van der Waals surface area contributed by atoms with E-state index in [1.807, 2.05) is 0 Å². The van der Waals surface area contributed by atoms with E-state index in [1.54, 1.807) is 0 Å². The average molecular weight is 467 g/mol. The lowest BCUT2D eigenvalue weighted by Gasteiger charge is -2.58. The van der Waals surface area contributed by atoms with Crippen LogP contribution in [0.4, 0.5) is 0 Å². The van der Waals surface area contributed by atoms with Crippen molar-refractivity contribution in [2.24, 2.45) is 46.3 Å². The van der Waals surface area contributed by atoms with Gasteiger partial charge in [-0.1, -0.05) is 65.5 Å². The Bertz CT molecular complexity index is 818. The van der Waals surface area contributed by atoms with E-state index in [0.29, 0.717) is 24.2 Å². The second-order valence-corrected chi connectivity index (χ2v) is 13.7. The van der Waals surface area contributed by atoms with Crippen molar-refractivity contribution in [3.05, 3.63) is 11.6 Å². The van der Waals surface area contributed by atoms with Gasteiger partial charge in [-0.2, -0.15) is 8.42 Å². The maximum atomic E-state index is 11.2. The van der Waals surface area contributed by atoms with Gasteiger partial charge in [0.1, 0.15) is 0 Å². The number of allylic oxidation sites excluding steroid dienone is 1. The van der Waals surface area contributed by atoms with E-state index < -0.39 is 16.5 Å². The van der Waals surface area contributed by atoms with E-state index in [-0.39, 0.29) is 5.41 Å². The lowest BCUT2D eigenvalue weighted by Crippen LogP contribution is -2.51. The summed E-state index contributed by atoms with van der Waals surface area (Å²) in [6.45, 7) is 12.3. The molecule has 0 saturated heterocycles. The third kappa shape index (κ3) is 4.60. The molecule has 32 heavy (non-hydrogen) atoms. The third-order valence-electron chi connectivity index (χ3n) is 10.5. The monoisotopic (exact) mass is 466 g/mol. The molecule has 0 aromatic heterocycles. The van der Waals surface area contributed by atoms with Crippen molar-refractivity contribution in [3.8, 4) is 0 Å². The summed E-state index contributed by atoms with van der Waals surface area (Å²) >= 11 is 0. The van der Waals surface area contributed by atoms with Crippen molar-refractivity contribution in [2.45, 2.75) is 111 Å². The Labute approximate surface area is 196 Å². The molecule has 0 radical (unpaired) electrons. The van der Waals surface area contributed by atoms with Gasteiger partial charge in [0.15, 0.2) is 0 Å². The molecule has 0 heterocycles. The number of rotatable bonds is 7. The zero-order chi connectivity index (χ0) is 23.3. The molecule has 0 aromatic rings. The van der Waals surface area contributed by atoms with Gasteiger partial charge < -0.3 is 0 Å². The van der Waals surface area contributed by atoms with Gasteiger partial charge in [-0.15, -0.1) is 0 Å². The van der Waals surface area contributed by atoms with Gasteiger partial charge in [0, 0.05) is 0 Å². The summed E-state index contributed by atoms with van der Waals surface area (Å²) in [5, 5.41) is 0. The first kappa shape index (κ1) is 24.7. The highest BCUT2D eigenvalue weighted by atomic mass is 32.3. The summed E-state index contributed by atoms with van der Waals surface area (Å²) in [5.74, 6) is 4.83. The first-order valence-electron chi connectivity index (χ1n) is 13.3. The lowest BCUT2D eigenvalue weighted by molar-refractivity contribution is -0.0560. The summed E-state index contributed by atoms with van der Waals surface area (Å²) in [7, 11) is -4.38. The molecule has 3 fully saturated rings. The molecule has 0 bridgehead atoms. The molecule has 0 unspecified atom stereocenters. The topological polar surface area (TPSA) is 63.6 Å². The van der Waals surface area contributed by atoms with Crippen LogP contribution in [0.1, 0.15) is 105 Å². The van der Waals surface area contributed by atoms with E-state index in [2.05, 4.69) is 40.7 Å². The van der Waals surface area contributed by atoms with Crippen LogP contribution in [-0.4, -0.2) is 19.1 Å². The van der Waals surface area contributed by atoms with Crippen LogP contribution in [0, 0.1) is 46.3 Å². The summed E-state index contributed by atoms with van der Waals surface area (Å²) in [6, 6.07) is 0. The Morgan fingerprint density at radius 1 is 1.06 bits per heavy atom. The van der Waals surface area contributed by atoms with E-state index in [1.165, 1.54) is 50.5 Å². The zero-order valence-electron chi connectivity index (χ0n) is 21.0. The van der Waals surface area contributed by atoms with Gasteiger partial charge in [-0.3, -0.25) is 4.55 Å². The summed E-state index contributed by atoms with van der Waals surface area (Å²) < 4.78 is 36.6. The van der Waals surface area contributed by atoms with Crippen LogP contribution in [-0.2, 0) is 14.6 Å². The van der Waals surface area contributed by atoms with Crippen molar-refractivity contribution in [1.29, 1.82) is 0 Å². The van der Waals surface area contributed by atoms with Crippen molar-refractivity contribution in [3.63, 3.8) is 0 Å². The van der Waals surface area contributed by atoms with Crippen LogP contribution < -0.4 is 0 Å². The Hall–Kier alpha value is -0.390. The molecule has 8 atom stereocenters. The Kier molecular flexibility index (Phi) is 6.95. The van der Waals surface area contributed by atoms with Crippen molar-refractivity contribution in [2.75, 3.05) is 0 Å². The number of hydrogen-bond donors (Lipinski definition) is 1. The first-order valence-corrected chi connectivity index (χ1v) is 14.7. The standard InChI is InChI=1S/C27H46O4S/c1-18(2)7-6-8-19(3)23-11-12-24-22-10-9-20-17-21(31-32(28,29)30)13-15-26(20,4)25(22)14-16-27(23,24)5/h9,18-19,21-25H,6-8,10-17H2,1-5H3,(H,28,29,30)/t19-,21+,22-,23-,24+,25-,26+,27-/m1/s1. The molecule has 4 nitrogen and oxygen atoms in total. The highest BCUT2D eigenvalue weighted by Gasteiger charge is 2.59. The van der Waals surface area contributed by atoms with Crippen LogP contribution >= 0.6 is 0 Å². The van der Waals surface area contributed by atoms with Gasteiger partial charge >= 0.3 is 10.4 Å². The average Bonchev–Trinajstić information content (AvgIpc) is 3.04. The van der Waals surface area contributed by atoms with Gasteiger partial charge in [0.25, 0.3) is 0 Å². The minimum atomic E-state index is -4.38. The highest BCUT2D eigenvalue weighted by Crippen LogP contribution is 2.67. The molecule has 4 aliphatic rings. The van der Waals surface area contributed by atoms with Crippen LogP contribution in [0.2, 0.25) is 0 Å². The highest BCUT2D eigenvalue weighted by molar-refractivity contribution is 7.80. The minimum Gasteiger partial charge on any atom is -0.264 e. The molecule has 5 heteroatoms. The van der Waals surface area contributed by atoms with Crippen LogP contribution in [0.3, 0.4) is 0 Å². The fourth-order valence-corrected chi connectivity index (χ4v) is 9.41. The molecular weight excluding hydrogens is 420 g/mol. The normalized spacial score (nSPS) is 42.7. The van der Waals surface area contributed by atoms with Crippen molar-refractivity contribution in [1.82, 2.24) is 0 Å². The fourth-order valence-electron chi connectivity index (χ4n) is 8.91. The zero-order valence-corrected chi connectivity index (χ0v) is 21.8. The smallest absolute Gasteiger partial charge is 0.264 e. The van der Waals surface area contributed by atoms with Crippen LogP contribution in [0.15, 0.2) is 11.6 Å². The molecule has 0 amide bonds. The molecule has 0 spiro atoms. The van der Waals surface area contributed by atoms with E-state index >= 15 is 0 Å². The molecule has 4 aliphatic carbocycles. The molecule has 3 saturated carbocycles. The van der Waals surface area contributed by atoms with Crippen molar-refractivity contribution >= 4 is 10.4 Å². The predicted molar refractivity (Wildman–Crippen MR) is 129 cm³/mol. The Morgan fingerprint density at radius 3 is 2.50 bits per heavy atom. The largest absolute Gasteiger partial charge is 0.397 e. The van der Waals surface area contributed by atoms with Gasteiger partial charge in [-0.05, 0) is 97.7 Å². The third-order valence-corrected chi connectivity index (χ3v) is 11.0. The second-order valence-electron chi connectivity index (χ2n) is 12.7. The maximum Gasteiger partial charge on any atom is 0.397 e. The van der Waals surface area contributed by atoms with Crippen molar-refractivity contribution < 1.29 is 17.2 Å². The van der Waals surface area contributed by atoms with Crippen LogP contribution in [0.25, 0.3) is 0 Å². The quantitative estimate of drug-likeness (QED) is 0.318. The van der Waals surface area contributed by atoms with Gasteiger partial charge in [0.2, 0.25) is 0 Å². The second kappa shape index (κ2) is 9.00. The van der Waals surface area contributed by atoms with E-state index in [9.17, 15) is 8.42 Å². The Balaban J connectivity index is 1.47. The SMILES string of the molecule is CC(C)CCC[C@@H](C)[C@H]1CC[C@H]2[C@H]3CC=C4C[C@@H](OS(=O)(=O)O)CC[C@]4(C)[C@@H]3CC[C@]12C. The predicted octanol–water partition coefficient (Wildman–Crippen LogP) is 7.22. The molecule has 0 aliphatic heterocycles. The van der Waals surface area contributed by atoms with E-state index in [4.69, 9.17) is 8.74 Å². The molecule has 0 aromatic carbocycles. The summed E-state index contributed by atoms with van der Waals surface area (Å²) in [5.41, 5.74) is 2.05. The molecule has 1 N–H and O–H groups in total. The summed E-state index contributed by atoms with van der Waals surface area (Å²) in [6.07, 6.45) is 15.1. The van der Waals surface area contributed by atoms with Gasteiger partial charge in [-0.25, -0.2) is 4.18 Å². The number of hydrogen-bond acceptors (Lipinski definition) is 3. The molecule has 4 rings (SSSR count). The minimum absolute atomic E-state index is 0.171. The van der Waals surface area contributed by atoms with Crippen LogP contribution in [0.5, 0.6) is 0 Å². The maximum absolute atomic E-state index is 11.2.